The zero-order valence-electron chi connectivity index (χ0n) is 37.2. The Labute approximate surface area is 381 Å². The Hall–Kier alpha value is -4.94. The van der Waals surface area contributed by atoms with Crippen LogP contribution in [0.25, 0.3) is 10.8 Å². The molecule has 0 radical (unpaired) electrons. The first kappa shape index (κ1) is 47.0. The molecule has 1 heterocycles. The van der Waals surface area contributed by atoms with Crippen LogP contribution in [0.3, 0.4) is 0 Å². The molecule has 1 aliphatic heterocycles. The number of carbonyl (C=O) groups is 1. The Balaban J connectivity index is 1.47. The van der Waals surface area contributed by atoms with Gasteiger partial charge in [-0.3, -0.25) is 4.90 Å². The Morgan fingerprint density at radius 1 is 0.984 bits per heavy atom. The summed E-state index contributed by atoms with van der Waals surface area (Å²) in [5.74, 6) is -1.44. The molecule has 1 fully saturated rings. The van der Waals surface area contributed by atoms with E-state index in [1.807, 2.05) is 81.4 Å². The molecule has 1 saturated carbocycles. The number of rotatable bonds is 20. The maximum absolute atomic E-state index is 14.8. The van der Waals surface area contributed by atoms with Gasteiger partial charge in [-0.15, -0.1) is 18.2 Å². The Bertz CT molecular complexity index is 2290. The number of nitrogens with zero attached hydrogens (tertiary/aromatic N) is 2. The van der Waals surface area contributed by atoms with Crippen LogP contribution in [0.5, 0.6) is 11.5 Å². The fourth-order valence-corrected chi connectivity index (χ4v) is 9.91. The molecule has 64 heavy (non-hydrogen) atoms. The molecule has 0 spiro atoms. The third-order valence-corrected chi connectivity index (χ3v) is 12.7. The SMILES string of the molecule is C=CCOC12Oc3ccc(OCc4ccccc4F)cc3C3C(CCCCO)C(CCCCO)C=C(C(=NOC(C)(C)C)CC1N(Cc1cccc4ccccc14)C(=O)OCCCl)C32. The number of ether oxygens (including phenoxy) is 4. The quantitative estimate of drug-likeness (QED) is 0.0390. The lowest BCUT2D eigenvalue weighted by atomic mass is 9.55. The smallest absolute Gasteiger partial charge is 0.410 e. The summed E-state index contributed by atoms with van der Waals surface area (Å²) in [5.41, 5.74) is 3.17. The first-order valence-corrected chi connectivity index (χ1v) is 23.1. The second-order valence-electron chi connectivity index (χ2n) is 17.9. The first-order chi connectivity index (χ1) is 31.0. The van der Waals surface area contributed by atoms with Crippen LogP contribution in [-0.2, 0) is 27.5 Å². The Morgan fingerprint density at radius 2 is 1.72 bits per heavy atom. The molecule has 0 bridgehead atoms. The standard InChI is InChI=1S/C52H62ClFN2O8/c1-5-28-62-52-47(56(50(59)60-29-25-53)33-37-19-14-18-35-15-6-8-20-40(35)37)32-45(55-64-51(2,3)4)42-30-36(16-10-12-26-57)41(21-11-13-27-58)48(49(42)52)43-31-39(23-24-46(43)63-52)61-34-38-17-7-9-22-44(38)54/h5-9,14-15,17-20,22-24,30-31,36,41,47-49,57-58H,1,10-13,16,21,25-29,32-34H2,2-4H3. The van der Waals surface area contributed by atoms with E-state index in [2.05, 4.69) is 12.7 Å². The zero-order valence-corrected chi connectivity index (χ0v) is 38.0. The van der Waals surface area contributed by atoms with Crippen molar-refractivity contribution in [3.8, 4) is 11.5 Å². The van der Waals surface area contributed by atoms with Crippen molar-refractivity contribution in [2.24, 2.45) is 22.9 Å². The van der Waals surface area contributed by atoms with Crippen LogP contribution in [0.1, 0.15) is 88.3 Å². The van der Waals surface area contributed by atoms with Crippen LogP contribution in [0.15, 0.2) is 114 Å². The third-order valence-electron chi connectivity index (χ3n) is 12.6. The lowest BCUT2D eigenvalue weighted by Crippen LogP contribution is -2.70. The highest BCUT2D eigenvalue weighted by Crippen LogP contribution is 2.62. The number of hydrogen-bond acceptors (Lipinski definition) is 9. The monoisotopic (exact) mass is 896 g/mol. The average Bonchev–Trinajstić information content (AvgIpc) is 3.29. The second-order valence-corrected chi connectivity index (χ2v) is 18.3. The molecular formula is C52H62ClFN2O8. The predicted molar refractivity (Wildman–Crippen MR) is 248 cm³/mol. The first-order valence-electron chi connectivity index (χ1n) is 22.6. The van der Waals surface area contributed by atoms with E-state index in [1.54, 1.807) is 29.2 Å². The van der Waals surface area contributed by atoms with Crippen molar-refractivity contribution in [3.05, 3.63) is 132 Å². The molecule has 0 aromatic heterocycles. The number of alkyl halides is 1. The minimum Gasteiger partial charge on any atom is -0.489 e. The number of carbonyl (C=O) groups excluding carboxylic acids is 1. The molecule has 6 atom stereocenters. The summed E-state index contributed by atoms with van der Waals surface area (Å²) in [4.78, 5) is 22.8. The van der Waals surface area contributed by atoms with Crippen molar-refractivity contribution in [1.82, 2.24) is 4.90 Å². The summed E-state index contributed by atoms with van der Waals surface area (Å²) in [6, 6.07) is 25.6. The van der Waals surface area contributed by atoms with Crippen LogP contribution in [0, 0.1) is 23.6 Å². The van der Waals surface area contributed by atoms with Crippen LogP contribution in [0.2, 0.25) is 0 Å². The van der Waals surface area contributed by atoms with Crippen molar-refractivity contribution in [2.75, 3.05) is 32.3 Å². The maximum Gasteiger partial charge on any atom is 0.410 e. The number of unbranched alkanes of at least 4 members (excludes halogenated alkanes) is 2. The molecule has 2 N–H and O–H groups in total. The predicted octanol–water partition coefficient (Wildman–Crippen LogP) is 10.9. The van der Waals surface area contributed by atoms with Crippen LogP contribution < -0.4 is 9.47 Å². The normalized spacial score (nSPS) is 23.1. The number of oxime groups is 1. The van der Waals surface area contributed by atoms with Crippen LogP contribution >= 0.6 is 11.6 Å². The molecular weight excluding hydrogens is 835 g/mol. The minimum atomic E-state index is -1.51. The fraction of sp³-hybridized carbons (Fsp3) is 0.462. The number of fused-ring (bicyclic) bond motifs is 3. The highest BCUT2D eigenvalue weighted by atomic mass is 35.5. The van der Waals surface area contributed by atoms with E-state index in [-0.39, 0.29) is 75.5 Å². The summed E-state index contributed by atoms with van der Waals surface area (Å²) < 4.78 is 41.6. The second kappa shape index (κ2) is 21.4. The molecule has 7 rings (SSSR count). The van der Waals surface area contributed by atoms with E-state index in [0.29, 0.717) is 35.6 Å². The summed E-state index contributed by atoms with van der Waals surface area (Å²) in [6.07, 6.45) is 8.01. The van der Waals surface area contributed by atoms with Gasteiger partial charge in [-0.25, -0.2) is 9.18 Å². The number of halogens is 2. The molecule has 3 aliphatic rings. The topological polar surface area (TPSA) is 119 Å². The maximum atomic E-state index is 14.8. The van der Waals surface area contributed by atoms with Crippen LogP contribution in [0.4, 0.5) is 9.18 Å². The summed E-state index contributed by atoms with van der Waals surface area (Å²) in [7, 11) is 0. The minimum absolute atomic E-state index is 0.00609. The molecule has 4 aromatic rings. The van der Waals surface area contributed by atoms with Gasteiger partial charge in [0.25, 0.3) is 0 Å². The summed E-state index contributed by atoms with van der Waals surface area (Å²) >= 11 is 6.16. The number of aliphatic hydroxyl groups excluding tert-OH is 2. The Kier molecular flexibility index (Phi) is 15.7. The van der Waals surface area contributed by atoms with Crippen molar-refractivity contribution in [2.45, 2.75) is 102 Å². The number of allylic oxidation sites excluding steroid dienone is 1. The fourth-order valence-electron chi connectivity index (χ4n) is 9.83. The third kappa shape index (κ3) is 10.4. The molecule has 10 nitrogen and oxygen atoms in total. The van der Waals surface area contributed by atoms with Crippen molar-refractivity contribution >= 4 is 34.2 Å². The highest BCUT2D eigenvalue weighted by Gasteiger charge is 2.65. The molecule has 12 heteroatoms. The van der Waals surface area contributed by atoms with E-state index >= 15 is 0 Å². The summed E-state index contributed by atoms with van der Waals surface area (Å²) in [6.45, 7) is 10.3. The summed E-state index contributed by atoms with van der Waals surface area (Å²) in [5, 5.41) is 26.9. The number of aliphatic hydroxyl groups is 2. The number of amides is 1. The molecule has 4 aromatic carbocycles. The molecule has 6 unspecified atom stereocenters. The van der Waals surface area contributed by atoms with E-state index in [1.165, 1.54) is 6.07 Å². The lowest BCUT2D eigenvalue weighted by molar-refractivity contribution is -0.256. The van der Waals surface area contributed by atoms with Crippen molar-refractivity contribution in [3.63, 3.8) is 0 Å². The van der Waals surface area contributed by atoms with Gasteiger partial charge in [-0.05, 0) is 104 Å². The zero-order chi connectivity index (χ0) is 45.3. The van der Waals surface area contributed by atoms with Gasteiger partial charge in [0.15, 0.2) is 0 Å². The van der Waals surface area contributed by atoms with Crippen molar-refractivity contribution in [1.29, 1.82) is 0 Å². The molecule has 2 aliphatic carbocycles. The lowest BCUT2D eigenvalue weighted by Gasteiger charge is -2.60. The molecule has 0 saturated heterocycles. The molecule has 342 valence electrons. The highest BCUT2D eigenvalue weighted by molar-refractivity contribution is 6.18. The Morgan fingerprint density at radius 3 is 2.47 bits per heavy atom. The largest absolute Gasteiger partial charge is 0.489 e. The van der Waals surface area contributed by atoms with Crippen LogP contribution in [-0.4, -0.2) is 76.7 Å². The van der Waals surface area contributed by atoms with Gasteiger partial charge in [0.2, 0.25) is 5.79 Å². The average molecular weight is 898 g/mol. The van der Waals surface area contributed by atoms with Gasteiger partial charge < -0.3 is 34.0 Å². The van der Waals surface area contributed by atoms with E-state index in [0.717, 1.165) is 53.2 Å². The van der Waals surface area contributed by atoms with Crippen molar-refractivity contribution < 1.29 is 43.2 Å². The van der Waals surface area contributed by atoms with Gasteiger partial charge in [0.05, 0.1) is 30.7 Å². The van der Waals surface area contributed by atoms with Gasteiger partial charge >= 0.3 is 6.09 Å². The number of benzene rings is 4. The van der Waals surface area contributed by atoms with Gasteiger partial charge in [-0.1, -0.05) is 90.8 Å². The van der Waals surface area contributed by atoms with E-state index in [9.17, 15) is 19.4 Å². The number of hydrogen-bond donors (Lipinski definition) is 2. The van der Waals surface area contributed by atoms with Gasteiger partial charge in [0, 0.05) is 36.7 Å². The van der Waals surface area contributed by atoms with E-state index in [4.69, 9.17) is 40.5 Å². The van der Waals surface area contributed by atoms with Gasteiger partial charge in [0.1, 0.15) is 42.2 Å². The van der Waals surface area contributed by atoms with Gasteiger partial charge in [-0.2, -0.15) is 0 Å². The van der Waals surface area contributed by atoms with E-state index < -0.39 is 29.4 Å². The molecule has 1 amide bonds.